The highest BCUT2D eigenvalue weighted by atomic mass is 35.5. The van der Waals surface area contributed by atoms with Crippen molar-refractivity contribution in [1.29, 1.82) is 0 Å². The number of hydrogen-bond acceptors (Lipinski definition) is 1. The lowest BCUT2D eigenvalue weighted by atomic mass is 10.1. The molecule has 0 unspecified atom stereocenters. The van der Waals surface area contributed by atoms with Crippen LogP contribution in [0.5, 0.6) is 0 Å². The van der Waals surface area contributed by atoms with Crippen LogP contribution in [0.25, 0.3) is 10.8 Å². The molecule has 0 saturated heterocycles. The first-order valence-corrected chi connectivity index (χ1v) is 5.08. The fourth-order valence-electron chi connectivity index (χ4n) is 1.49. The monoisotopic (exact) mass is 283 g/mol. The average Bonchev–Trinajstić information content (AvgIpc) is 2.17. The van der Waals surface area contributed by atoms with Crippen LogP contribution in [0.2, 0.25) is 10.3 Å². The van der Waals surface area contributed by atoms with Crippen LogP contribution < -0.4 is 0 Å². The van der Waals surface area contributed by atoms with Gasteiger partial charge in [0.05, 0.1) is 5.56 Å². The number of nitrogens with zero attached hydrogens (tertiary/aromatic N) is 1. The molecule has 17 heavy (non-hydrogen) atoms. The van der Waals surface area contributed by atoms with Crippen molar-refractivity contribution in [2.75, 3.05) is 0 Å². The summed E-state index contributed by atoms with van der Waals surface area (Å²) in [7, 11) is 0. The zero-order valence-corrected chi connectivity index (χ0v) is 9.46. The molecule has 0 aliphatic heterocycles. The van der Waals surface area contributed by atoms with Crippen molar-refractivity contribution in [3.63, 3.8) is 0 Å². The maximum atomic E-state index is 13.4. The molecule has 0 atom stereocenters. The molecule has 0 aliphatic rings. The van der Waals surface area contributed by atoms with Crippen molar-refractivity contribution >= 4 is 34.0 Å². The van der Waals surface area contributed by atoms with Gasteiger partial charge in [-0.3, -0.25) is 0 Å². The predicted molar refractivity (Wildman–Crippen MR) is 56.7 cm³/mol. The molecule has 1 aromatic heterocycles. The van der Waals surface area contributed by atoms with Crippen molar-refractivity contribution in [2.24, 2.45) is 0 Å². The van der Waals surface area contributed by atoms with Gasteiger partial charge in [0.2, 0.25) is 0 Å². The van der Waals surface area contributed by atoms with E-state index in [4.69, 9.17) is 23.2 Å². The number of hydrogen-bond donors (Lipinski definition) is 0. The zero-order valence-electron chi connectivity index (χ0n) is 7.95. The molecule has 2 aromatic rings. The van der Waals surface area contributed by atoms with Crippen molar-refractivity contribution in [3.8, 4) is 0 Å². The van der Waals surface area contributed by atoms with Gasteiger partial charge < -0.3 is 0 Å². The fourth-order valence-corrected chi connectivity index (χ4v) is 2.03. The maximum Gasteiger partial charge on any atom is 0.417 e. The second kappa shape index (κ2) is 3.99. The van der Waals surface area contributed by atoms with Gasteiger partial charge in [-0.1, -0.05) is 23.2 Å². The molecule has 1 aromatic carbocycles. The summed E-state index contributed by atoms with van der Waals surface area (Å²) in [5.41, 5.74) is -1.04. The molecule has 0 radical (unpaired) electrons. The summed E-state index contributed by atoms with van der Waals surface area (Å²) >= 11 is 11.1. The molecule has 0 saturated carbocycles. The highest BCUT2D eigenvalue weighted by molar-refractivity contribution is 6.36. The van der Waals surface area contributed by atoms with E-state index in [1.165, 1.54) is 0 Å². The normalized spacial score (nSPS) is 12.1. The van der Waals surface area contributed by atoms with E-state index in [1.54, 1.807) is 0 Å². The molecule has 0 aliphatic carbocycles. The predicted octanol–water partition coefficient (Wildman–Crippen LogP) is 4.70. The van der Waals surface area contributed by atoms with Crippen LogP contribution in [0.3, 0.4) is 0 Å². The Hall–Kier alpha value is -1.07. The third-order valence-electron chi connectivity index (χ3n) is 2.17. The summed E-state index contributed by atoms with van der Waals surface area (Å²) in [6.07, 6.45) is -4.63. The van der Waals surface area contributed by atoms with Crippen molar-refractivity contribution in [1.82, 2.24) is 4.98 Å². The lowest BCUT2D eigenvalue weighted by molar-refractivity contribution is -0.136. The van der Waals surface area contributed by atoms with Crippen LogP contribution in [-0.2, 0) is 6.18 Å². The third-order valence-corrected chi connectivity index (χ3v) is 2.64. The van der Waals surface area contributed by atoms with Gasteiger partial charge in [0.15, 0.2) is 0 Å². The number of fused-ring (bicyclic) bond motifs is 1. The van der Waals surface area contributed by atoms with E-state index in [-0.39, 0.29) is 10.5 Å². The van der Waals surface area contributed by atoms with E-state index >= 15 is 0 Å². The van der Waals surface area contributed by atoms with Gasteiger partial charge in [0.1, 0.15) is 16.1 Å². The minimum absolute atomic E-state index is 0.166. The molecule has 1 heterocycles. The van der Waals surface area contributed by atoms with E-state index in [9.17, 15) is 17.6 Å². The number of aromatic nitrogens is 1. The van der Waals surface area contributed by atoms with Crippen molar-refractivity contribution < 1.29 is 17.6 Å². The van der Waals surface area contributed by atoms with Crippen LogP contribution in [-0.4, -0.2) is 4.98 Å². The van der Waals surface area contributed by atoms with Gasteiger partial charge in [-0.25, -0.2) is 9.37 Å². The highest BCUT2D eigenvalue weighted by Crippen LogP contribution is 2.38. The Labute approximate surface area is 103 Å². The first kappa shape index (κ1) is 12.4. The van der Waals surface area contributed by atoms with E-state index in [1.807, 2.05) is 0 Å². The van der Waals surface area contributed by atoms with Gasteiger partial charge in [0.25, 0.3) is 0 Å². The van der Waals surface area contributed by atoms with Gasteiger partial charge in [-0.05, 0) is 18.2 Å². The van der Waals surface area contributed by atoms with Gasteiger partial charge >= 0.3 is 6.18 Å². The van der Waals surface area contributed by atoms with Crippen LogP contribution in [0.15, 0.2) is 18.2 Å². The van der Waals surface area contributed by atoms with Crippen LogP contribution in [0, 0.1) is 5.82 Å². The molecule has 0 bridgehead atoms. The maximum absolute atomic E-state index is 13.4. The summed E-state index contributed by atoms with van der Waals surface area (Å²) in [6, 6.07) is 2.35. The molecular weight excluding hydrogens is 281 g/mol. The number of benzene rings is 1. The average molecular weight is 284 g/mol. The minimum atomic E-state index is -4.63. The van der Waals surface area contributed by atoms with Gasteiger partial charge in [-0.2, -0.15) is 13.2 Å². The largest absolute Gasteiger partial charge is 0.417 e. The summed E-state index contributed by atoms with van der Waals surface area (Å²) in [6.45, 7) is 0. The molecule has 2 rings (SSSR count). The lowest BCUT2D eigenvalue weighted by Gasteiger charge is -2.11. The first-order valence-electron chi connectivity index (χ1n) is 4.32. The number of alkyl halides is 3. The molecule has 0 spiro atoms. The topological polar surface area (TPSA) is 12.9 Å². The second-order valence-electron chi connectivity index (χ2n) is 3.25. The Kier molecular flexibility index (Phi) is 2.91. The molecule has 0 fully saturated rings. The molecule has 1 nitrogen and oxygen atoms in total. The van der Waals surface area contributed by atoms with Crippen LogP contribution in [0.1, 0.15) is 5.56 Å². The Morgan fingerprint density at radius 3 is 2.35 bits per heavy atom. The van der Waals surface area contributed by atoms with E-state index in [0.717, 1.165) is 12.1 Å². The molecular formula is C10H3Cl2F4N. The summed E-state index contributed by atoms with van der Waals surface area (Å²) < 4.78 is 51.5. The Morgan fingerprint density at radius 1 is 1.12 bits per heavy atom. The Bertz CT molecular complexity index is 595. The van der Waals surface area contributed by atoms with E-state index in [0.29, 0.717) is 6.07 Å². The highest BCUT2D eigenvalue weighted by Gasteiger charge is 2.34. The first-order chi connectivity index (χ1) is 7.80. The molecule has 0 N–H and O–H groups in total. The molecule has 90 valence electrons. The van der Waals surface area contributed by atoms with E-state index < -0.39 is 28.1 Å². The van der Waals surface area contributed by atoms with Crippen LogP contribution in [0.4, 0.5) is 17.6 Å². The Balaban J connectivity index is 2.95. The lowest BCUT2D eigenvalue weighted by Crippen LogP contribution is -2.07. The molecule has 7 heteroatoms. The minimum Gasteiger partial charge on any atom is -0.224 e. The van der Waals surface area contributed by atoms with Gasteiger partial charge in [0, 0.05) is 10.8 Å². The van der Waals surface area contributed by atoms with Crippen molar-refractivity contribution in [3.05, 3.63) is 39.9 Å². The summed E-state index contributed by atoms with van der Waals surface area (Å²) in [5, 5.41) is -1.42. The summed E-state index contributed by atoms with van der Waals surface area (Å²) in [4.78, 5) is 3.48. The van der Waals surface area contributed by atoms with Crippen molar-refractivity contribution in [2.45, 2.75) is 6.18 Å². The van der Waals surface area contributed by atoms with E-state index in [2.05, 4.69) is 4.98 Å². The summed E-state index contributed by atoms with van der Waals surface area (Å²) in [5.74, 6) is -0.834. The standard InChI is InChI=1S/C10H3Cl2F4N/c11-7-3-4-6(13)2-1-5(10(14,15)16)8(4)9(12)17-7/h1-3H. The quantitative estimate of drug-likeness (QED) is 0.504. The van der Waals surface area contributed by atoms with Gasteiger partial charge in [-0.15, -0.1) is 0 Å². The number of pyridine rings is 1. The van der Waals surface area contributed by atoms with Crippen LogP contribution >= 0.6 is 23.2 Å². The number of rotatable bonds is 0. The smallest absolute Gasteiger partial charge is 0.224 e. The SMILES string of the molecule is Fc1ccc(C(F)(F)F)c2c(Cl)nc(Cl)cc12. The zero-order chi connectivity index (χ0) is 12.8. The number of halogens is 6. The fraction of sp³-hybridized carbons (Fsp3) is 0.100. The molecule has 0 amide bonds. The third kappa shape index (κ3) is 2.17. The Morgan fingerprint density at radius 2 is 1.76 bits per heavy atom. The second-order valence-corrected chi connectivity index (χ2v) is 4.00.